The second-order valence-electron chi connectivity index (χ2n) is 4.86. The van der Waals surface area contributed by atoms with Crippen molar-refractivity contribution in [1.82, 2.24) is 0 Å². The zero-order chi connectivity index (χ0) is 13.7. The summed E-state index contributed by atoms with van der Waals surface area (Å²) in [6.45, 7) is 3.64. The second kappa shape index (κ2) is 5.49. The number of benzene rings is 2. The van der Waals surface area contributed by atoms with Crippen LogP contribution >= 0.6 is 0 Å². The molecule has 0 amide bonds. The standard InChI is InChI=1S/C17H16N2/c1-17(2,13-18)19-16(14-9-5-3-6-10-14)15-11-7-4-8-12-15/h3-12H,1-2H3. The van der Waals surface area contributed by atoms with Crippen LogP contribution in [0.15, 0.2) is 65.7 Å². The summed E-state index contributed by atoms with van der Waals surface area (Å²) in [5.41, 5.74) is 2.17. The highest BCUT2D eigenvalue weighted by Crippen LogP contribution is 2.16. The van der Waals surface area contributed by atoms with Crippen LogP contribution in [0.2, 0.25) is 0 Å². The lowest BCUT2D eigenvalue weighted by atomic mass is 10.00. The third-order valence-corrected chi connectivity index (χ3v) is 2.76. The third-order valence-electron chi connectivity index (χ3n) is 2.76. The molecular weight excluding hydrogens is 232 g/mol. The van der Waals surface area contributed by atoms with Gasteiger partial charge < -0.3 is 0 Å². The van der Waals surface area contributed by atoms with Crippen molar-refractivity contribution in [1.29, 1.82) is 5.26 Å². The van der Waals surface area contributed by atoms with E-state index < -0.39 is 5.54 Å². The first-order chi connectivity index (χ1) is 9.12. The van der Waals surface area contributed by atoms with Crippen molar-refractivity contribution in [2.75, 3.05) is 0 Å². The lowest BCUT2D eigenvalue weighted by Gasteiger charge is -2.14. The van der Waals surface area contributed by atoms with Gasteiger partial charge in [0.25, 0.3) is 0 Å². The first-order valence-corrected chi connectivity index (χ1v) is 6.24. The van der Waals surface area contributed by atoms with Crippen LogP contribution in [0.3, 0.4) is 0 Å². The molecule has 0 saturated heterocycles. The van der Waals surface area contributed by atoms with Gasteiger partial charge >= 0.3 is 0 Å². The van der Waals surface area contributed by atoms with Gasteiger partial charge in [-0.3, -0.25) is 4.99 Å². The normalized spacial score (nSPS) is 10.6. The average Bonchev–Trinajstić information content (AvgIpc) is 2.47. The van der Waals surface area contributed by atoms with Gasteiger partial charge in [-0.15, -0.1) is 0 Å². The van der Waals surface area contributed by atoms with E-state index in [1.807, 2.05) is 74.5 Å². The molecule has 2 heteroatoms. The fraction of sp³-hybridized carbons (Fsp3) is 0.176. The highest BCUT2D eigenvalue weighted by atomic mass is 14.8. The van der Waals surface area contributed by atoms with Gasteiger partial charge in [-0.2, -0.15) is 5.26 Å². The van der Waals surface area contributed by atoms with Crippen molar-refractivity contribution in [2.24, 2.45) is 4.99 Å². The largest absolute Gasteiger partial charge is 0.263 e. The molecule has 94 valence electrons. The van der Waals surface area contributed by atoms with Gasteiger partial charge in [0.2, 0.25) is 0 Å². The summed E-state index contributed by atoms with van der Waals surface area (Å²) >= 11 is 0. The number of hydrogen-bond acceptors (Lipinski definition) is 2. The first kappa shape index (κ1) is 13.0. The van der Waals surface area contributed by atoms with Crippen LogP contribution in [0.1, 0.15) is 25.0 Å². The summed E-state index contributed by atoms with van der Waals surface area (Å²) in [5.74, 6) is 0. The van der Waals surface area contributed by atoms with Crippen LogP contribution in [0, 0.1) is 11.3 Å². The maximum atomic E-state index is 9.18. The molecule has 0 unspecified atom stereocenters. The van der Waals surface area contributed by atoms with Crippen LogP contribution in [0.4, 0.5) is 0 Å². The van der Waals surface area contributed by atoms with Gasteiger partial charge in [0.05, 0.1) is 11.8 Å². The van der Waals surface area contributed by atoms with Gasteiger partial charge in [0.15, 0.2) is 0 Å². The molecule has 0 aliphatic heterocycles. The Balaban J connectivity index is 2.56. The third kappa shape index (κ3) is 3.29. The van der Waals surface area contributed by atoms with E-state index >= 15 is 0 Å². The van der Waals surface area contributed by atoms with Crippen molar-refractivity contribution in [3.8, 4) is 6.07 Å². The molecule has 0 spiro atoms. The summed E-state index contributed by atoms with van der Waals surface area (Å²) in [5, 5.41) is 9.18. The number of rotatable bonds is 3. The fourth-order valence-electron chi connectivity index (χ4n) is 1.79. The molecule has 0 aliphatic carbocycles. The Morgan fingerprint density at radius 2 is 1.32 bits per heavy atom. The number of nitriles is 1. The Labute approximate surface area is 114 Å². The number of hydrogen-bond donors (Lipinski definition) is 0. The van der Waals surface area contributed by atoms with Crippen LogP contribution in [-0.2, 0) is 0 Å². The minimum absolute atomic E-state index is 0.735. The topological polar surface area (TPSA) is 36.1 Å². The quantitative estimate of drug-likeness (QED) is 0.760. The summed E-state index contributed by atoms with van der Waals surface area (Å²) in [4.78, 5) is 4.62. The molecule has 2 aromatic carbocycles. The summed E-state index contributed by atoms with van der Waals surface area (Å²) in [7, 11) is 0. The van der Waals surface area contributed by atoms with Gasteiger partial charge in [0.1, 0.15) is 5.54 Å². The van der Waals surface area contributed by atoms with Gasteiger partial charge in [-0.05, 0) is 13.8 Å². The minimum atomic E-state index is -0.735. The predicted molar refractivity (Wildman–Crippen MR) is 78.2 cm³/mol. The molecule has 0 aromatic heterocycles. The monoisotopic (exact) mass is 248 g/mol. The van der Waals surface area contributed by atoms with Crippen LogP contribution in [0.25, 0.3) is 0 Å². The molecule has 0 radical (unpaired) electrons. The smallest absolute Gasteiger partial charge is 0.142 e. The van der Waals surface area contributed by atoms with E-state index in [9.17, 15) is 5.26 Å². The van der Waals surface area contributed by atoms with Crippen molar-refractivity contribution < 1.29 is 0 Å². The molecule has 0 N–H and O–H groups in total. The van der Waals surface area contributed by atoms with E-state index in [1.165, 1.54) is 0 Å². The molecule has 2 rings (SSSR count). The molecule has 0 aliphatic rings. The second-order valence-corrected chi connectivity index (χ2v) is 4.86. The molecule has 0 saturated carbocycles. The molecule has 0 fully saturated rings. The zero-order valence-corrected chi connectivity index (χ0v) is 11.2. The van der Waals surface area contributed by atoms with Crippen molar-refractivity contribution >= 4 is 5.71 Å². The number of nitrogens with zero attached hydrogens (tertiary/aromatic N) is 2. The maximum absolute atomic E-state index is 9.18. The van der Waals surface area contributed by atoms with Crippen molar-refractivity contribution in [3.63, 3.8) is 0 Å². The number of aliphatic imine (C=N–C) groups is 1. The summed E-state index contributed by atoms with van der Waals surface area (Å²) in [6.07, 6.45) is 0. The first-order valence-electron chi connectivity index (χ1n) is 6.24. The van der Waals surface area contributed by atoms with Crippen LogP contribution in [0.5, 0.6) is 0 Å². The van der Waals surface area contributed by atoms with Gasteiger partial charge in [0, 0.05) is 11.1 Å². The summed E-state index contributed by atoms with van der Waals surface area (Å²) < 4.78 is 0. The Morgan fingerprint density at radius 3 is 1.68 bits per heavy atom. The van der Waals surface area contributed by atoms with Crippen molar-refractivity contribution in [2.45, 2.75) is 19.4 Å². The van der Waals surface area contributed by atoms with E-state index in [4.69, 9.17) is 0 Å². The molecular formula is C17H16N2. The molecule has 0 atom stereocenters. The summed E-state index contributed by atoms with van der Waals surface area (Å²) in [6, 6.07) is 22.1. The molecule has 19 heavy (non-hydrogen) atoms. The molecule has 0 heterocycles. The zero-order valence-electron chi connectivity index (χ0n) is 11.2. The lowest BCUT2D eigenvalue weighted by Crippen LogP contribution is -2.18. The van der Waals surface area contributed by atoms with E-state index in [2.05, 4.69) is 11.1 Å². The van der Waals surface area contributed by atoms with E-state index in [0.717, 1.165) is 16.8 Å². The highest BCUT2D eigenvalue weighted by molar-refractivity contribution is 6.13. The lowest BCUT2D eigenvalue weighted by molar-refractivity contribution is 0.674. The van der Waals surface area contributed by atoms with Crippen LogP contribution in [-0.4, -0.2) is 11.3 Å². The van der Waals surface area contributed by atoms with Gasteiger partial charge in [-0.1, -0.05) is 60.7 Å². The van der Waals surface area contributed by atoms with E-state index in [0.29, 0.717) is 0 Å². The predicted octanol–water partition coefficient (Wildman–Crippen LogP) is 3.83. The fourth-order valence-corrected chi connectivity index (χ4v) is 1.79. The Bertz CT molecular complexity index is 563. The minimum Gasteiger partial charge on any atom is -0.263 e. The van der Waals surface area contributed by atoms with E-state index in [1.54, 1.807) is 0 Å². The van der Waals surface area contributed by atoms with Crippen molar-refractivity contribution in [3.05, 3.63) is 71.8 Å². The van der Waals surface area contributed by atoms with Crippen LogP contribution < -0.4 is 0 Å². The molecule has 2 nitrogen and oxygen atoms in total. The molecule has 0 bridgehead atoms. The van der Waals surface area contributed by atoms with E-state index in [-0.39, 0.29) is 0 Å². The Hall–Kier alpha value is -2.40. The van der Waals surface area contributed by atoms with Gasteiger partial charge in [-0.25, -0.2) is 0 Å². The average molecular weight is 248 g/mol. The Morgan fingerprint density at radius 1 is 0.895 bits per heavy atom. The maximum Gasteiger partial charge on any atom is 0.142 e. The molecule has 2 aromatic rings. The SMILES string of the molecule is CC(C)(C#N)N=C(c1ccccc1)c1ccccc1. The highest BCUT2D eigenvalue weighted by Gasteiger charge is 2.17. The Kier molecular flexibility index (Phi) is 3.77.